The molecule has 1 aromatic carbocycles. The SMILES string of the molecule is Cc1c(S(N)(=O)=O)cc(CO)cc1S(N)(=O)=O. The molecule has 1 rings (SSSR count). The van der Waals surface area contributed by atoms with Gasteiger partial charge in [0, 0.05) is 0 Å². The largest absolute Gasteiger partial charge is 0.392 e. The highest BCUT2D eigenvalue weighted by molar-refractivity contribution is 7.90. The number of nitrogens with two attached hydrogens (primary N) is 2. The van der Waals surface area contributed by atoms with E-state index in [1.54, 1.807) is 0 Å². The van der Waals surface area contributed by atoms with Crippen molar-refractivity contribution >= 4 is 20.0 Å². The minimum atomic E-state index is -4.08. The zero-order chi connectivity index (χ0) is 13.4. The maximum atomic E-state index is 11.3. The normalized spacial score (nSPS) is 12.7. The molecule has 0 aliphatic heterocycles. The van der Waals surface area contributed by atoms with Gasteiger partial charge in [-0.2, -0.15) is 0 Å². The Bertz CT molecular complexity index is 595. The van der Waals surface area contributed by atoms with Crippen molar-refractivity contribution in [2.45, 2.75) is 23.3 Å². The van der Waals surface area contributed by atoms with E-state index >= 15 is 0 Å². The van der Waals surface area contributed by atoms with E-state index in [0.717, 1.165) is 12.1 Å². The highest BCUT2D eigenvalue weighted by Gasteiger charge is 2.21. The molecule has 0 amide bonds. The summed E-state index contributed by atoms with van der Waals surface area (Å²) in [6.07, 6.45) is 0. The zero-order valence-corrected chi connectivity index (χ0v) is 10.5. The van der Waals surface area contributed by atoms with Crippen LogP contribution in [0.25, 0.3) is 0 Å². The van der Waals surface area contributed by atoms with Gasteiger partial charge in [0.05, 0.1) is 16.4 Å². The number of aliphatic hydroxyl groups is 1. The fraction of sp³-hybridized carbons (Fsp3) is 0.250. The first-order valence-corrected chi connectivity index (χ1v) is 7.46. The first kappa shape index (κ1) is 14.1. The summed E-state index contributed by atoms with van der Waals surface area (Å²) in [5.74, 6) is 0. The Kier molecular flexibility index (Phi) is 3.60. The van der Waals surface area contributed by atoms with E-state index in [1.165, 1.54) is 6.92 Å². The minimum Gasteiger partial charge on any atom is -0.392 e. The van der Waals surface area contributed by atoms with Crippen LogP contribution in [-0.2, 0) is 26.7 Å². The number of primary sulfonamides is 2. The van der Waals surface area contributed by atoms with Crippen LogP contribution in [0.5, 0.6) is 0 Å². The molecule has 0 aliphatic carbocycles. The Balaban J connectivity index is 3.78. The number of hydrogen-bond acceptors (Lipinski definition) is 5. The Morgan fingerprint density at radius 3 is 1.65 bits per heavy atom. The lowest BCUT2D eigenvalue weighted by atomic mass is 10.1. The Hall–Kier alpha value is -1.00. The summed E-state index contributed by atoms with van der Waals surface area (Å²) in [6, 6.07) is 2.22. The van der Waals surface area contributed by atoms with Crippen LogP contribution in [0.1, 0.15) is 11.1 Å². The Morgan fingerprint density at radius 2 is 1.41 bits per heavy atom. The van der Waals surface area contributed by atoms with E-state index in [9.17, 15) is 16.8 Å². The van der Waals surface area contributed by atoms with Gasteiger partial charge >= 0.3 is 0 Å². The molecule has 5 N–H and O–H groups in total. The summed E-state index contributed by atoms with van der Waals surface area (Å²) in [5.41, 5.74) is 0.0378. The highest BCUT2D eigenvalue weighted by Crippen LogP contribution is 2.23. The smallest absolute Gasteiger partial charge is 0.238 e. The van der Waals surface area contributed by atoms with Crippen molar-refractivity contribution < 1.29 is 21.9 Å². The van der Waals surface area contributed by atoms with Crippen LogP contribution >= 0.6 is 0 Å². The van der Waals surface area contributed by atoms with Crippen LogP contribution in [-0.4, -0.2) is 21.9 Å². The fourth-order valence-corrected chi connectivity index (χ4v) is 3.17. The van der Waals surface area contributed by atoms with Gasteiger partial charge in [0.25, 0.3) is 0 Å². The lowest BCUT2D eigenvalue weighted by Crippen LogP contribution is -2.19. The lowest BCUT2D eigenvalue weighted by molar-refractivity contribution is 0.281. The number of rotatable bonds is 3. The van der Waals surface area contributed by atoms with Crippen molar-refractivity contribution in [1.82, 2.24) is 0 Å². The molecular weight excluding hydrogens is 268 g/mol. The second-order valence-electron chi connectivity index (χ2n) is 3.47. The van der Waals surface area contributed by atoms with E-state index in [2.05, 4.69) is 0 Å². The van der Waals surface area contributed by atoms with Crippen molar-refractivity contribution in [3.05, 3.63) is 23.3 Å². The average Bonchev–Trinajstić information content (AvgIpc) is 2.14. The number of benzene rings is 1. The minimum absolute atomic E-state index is 0.0628. The van der Waals surface area contributed by atoms with Crippen LogP contribution < -0.4 is 10.3 Å². The van der Waals surface area contributed by atoms with Gasteiger partial charge in [-0.1, -0.05) is 0 Å². The highest BCUT2D eigenvalue weighted by atomic mass is 32.2. The van der Waals surface area contributed by atoms with Crippen LogP contribution in [0.15, 0.2) is 21.9 Å². The molecule has 7 nitrogen and oxygen atoms in total. The quantitative estimate of drug-likeness (QED) is 0.636. The Labute approximate surface area is 99.2 Å². The molecule has 0 bridgehead atoms. The van der Waals surface area contributed by atoms with Crippen molar-refractivity contribution in [3.63, 3.8) is 0 Å². The van der Waals surface area contributed by atoms with Gasteiger partial charge in [0.15, 0.2) is 0 Å². The summed E-state index contributed by atoms with van der Waals surface area (Å²) in [6.45, 7) is 0.756. The summed E-state index contributed by atoms with van der Waals surface area (Å²) in [7, 11) is -8.16. The van der Waals surface area contributed by atoms with Crippen LogP contribution in [0.3, 0.4) is 0 Å². The number of aliphatic hydroxyl groups excluding tert-OH is 1. The van der Waals surface area contributed by atoms with Crippen molar-refractivity contribution in [2.75, 3.05) is 0 Å². The van der Waals surface area contributed by atoms with Crippen LogP contribution in [0, 0.1) is 6.92 Å². The molecule has 0 unspecified atom stereocenters. The molecule has 0 aliphatic rings. The first-order valence-electron chi connectivity index (χ1n) is 4.37. The van der Waals surface area contributed by atoms with Gasteiger partial charge in [-0.05, 0) is 30.2 Å². The van der Waals surface area contributed by atoms with Gasteiger partial charge in [-0.15, -0.1) is 0 Å². The number of hydrogen-bond donors (Lipinski definition) is 3. The summed E-state index contributed by atoms with van der Waals surface area (Å²) < 4.78 is 45.0. The zero-order valence-electron chi connectivity index (χ0n) is 8.91. The van der Waals surface area contributed by atoms with E-state index in [-0.39, 0.29) is 20.9 Å². The lowest BCUT2D eigenvalue weighted by Gasteiger charge is -2.10. The van der Waals surface area contributed by atoms with E-state index in [1.807, 2.05) is 0 Å². The van der Waals surface area contributed by atoms with Gasteiger partial charge in [-0.3, -0.25) is 0 Å². The number of sulfonamides is 2. The molecular formula is C8H12N2O5S2. The molecule has 0 saturated heterocycles. The topological polar surface area (TPSA) is 141 Å². The van der Waals surface area contributed by atoms with Crippen molar-refractivity contribution in [2.24, 2.45) is 10.3 Å². The summed E-state index contributed by atoms with van der Waals surface area (Å²) >= 11 is 0. The predicted octanol–water partition coefficient (Wildman–Crippen LogP) is -1.22. The fourth-order valence-electron chi connectivity index (χ4n) is 1.40. The molecule has 17 heavy (non-hydrogen) atoms. The van der Waals surface area contributed by atoms with Crippen LogP contribution in [0.2, 0.25) is 0 Å². The molecule has 9 heteroatoms. The van der Waals surface area contributed by atoms with Gasteiger partial charge in [0.1, 0.15) is 0 Å². The van der Waals surface area contributed by atoms with E-state index in [0.29, 0.717) is 0 Å². The third kappa shape index (κ3) is 3.01. The first-order chi connectivity index (χ1) is 7.57. The van der Waals surface area contributed by atoms with Gasteiger partial charge in [-0.25, -0.2) is 27.1 Å². The maximum Gasteiger partial charge on any atom is 0.238 e. The molecule has 0 radical (unpaired) electrons. The summed E-state index contributed by atoms with van der Waals surface area (Å²) in [4.78, 5) is -0.735. The molecule has 0 fully saturated rings. The Morgan fingerprint density at radius 1 is 1.06 bits per heavy atom. The van der Waals surface area contributed by atoms with Gasteiger partial charge in [0.2, 0.25) is 20.0 Å². The maximum absolute atomic E-state index is 11.3. The molecule has 1 aromatic rings. The molecule has 0 heterocycles. The second kappa shape index (κ2) is 4.35. The monoisotopic (exact) mass is 280 g/mol. The standard InChI is InChI=1S/C8H12N2O5S2/c1-5-7(16(9,12)13)2-6(4-11)3-8(5)17(10,14)15/h2-3,11H,4H2,1H3,(H2,9,12,13)(H2,10,14,15). The van der Waals surface area contributed by atoms with Crippen molar-refractivity contribution in [1.29, 1.82) is 0 Å². The molecule has 0 saturated carbocycles. The molecule has 0 spiro atoms. The third-order valence-corrected chi connectivity index (χ3v) is 4.24. The molecule has 0 aromatic heterocycles. The molecule has 0 atom stereocenters. The third-order valence-electron chi connectivity index (χ3n) is 2.17. The summed E-state index contributed by atoms with van der Waals surface area (Å²) in [5, 5.41) is 18.8. The average molecular weight is 280 g/mol. The van der Waals surface area contributed by atoms with Crippen LogP contribution in [0.4, 0.5) is 0 Å². The van der Waals surface area contributed by atoms with Gasteiger partial charge < -0.3 is 5.11 Å². The van der Waals surface area contributed by atoms with Crippen molar-refractivity contribution in [3.8, 4) is 0 Å². The van der Waals surface area contributed by atoms with E-state index in [4.69, 9.17) is 15.4 Å². The predicted molar refractivity (Wildman–Crippen MR) is 59.8 cm³/mol. The molecule has 96 valence electrons. The second-order valence-corrected chi connectivity index (χ2v) is 6.52. The van der Waals surface area contributed by atoms with E-state index < -0.39 is 26.7 Å².